The van der Waals surface area contributed by atoms with Crippen LogP contribution in [0.25, 0.3) is 0 Å². The summed E-state index contributed by atoms with van der Waals surface area (Å²) in [6, 6.07) is -3.36. The number of anilines is 1. The van der Waals surface area contributed by atoms with Gasteiger partial charge in [-0.25, -0.2) is 19.6 Å². The van der Waals surface area contributed by atoms with E-state index in [-0.39, 0.29) is 20.8 Å². The van der Waals surface area contributed by atoms with Gasteiger partial charge in [0.25, 0.3) is 17.7 Å². The van der Waals surface area contributed by atoms with Crippen molar-refractivity contribution in [2.45, 2.75) is 38.1 Å². The summed E-state index contributed by atoms with van der Waals surface area (Å²) in [7, 11) is -5.15. The van der Waals surface area contributed by atoms with E-state index in [2.05, 4.69) is 26.1 Å². The van der Waals surface area contributed by atoms with Crippen LogP contribution in [0.5, 0.6) is 5.75 Å². The van der Waals surface area contributed by atoms with Crippen LogP contribution < -0.4 is 32.6 Å². The van der Waals surface area contributed by atoms with Crippen molar-refractivity contribution in [3.05, 3.63) is 39.3 Å². The SMILES string of the molecule is CC(C)(O/N=C(\C(=O)N[C@@H]1C(=O)N(S(=O)(=O)O)[C@@H]1CNC(=O)NCc1cc(=O)c(O)cn1O)c1csc(N)n1)C(=O)NO. The highest BCUT2D eigenvalue weighted by molar-refractivity contribution is 7.84. The molecule has 2 aromatic rings. The molecule has 21 nitrogen and oxygen atoms in total. The Balaban J connectivity index is 1.76. The zero-order valence-electron chi connectivity index (χ0n) is 22.0. The van der Waals surface area contributed by atoms with Gasteiger partial charge in [-0.15, -0.1) is 11.3 Å². The van der Waals surface area contributed by atoms with Gasteiger partial charge in [0, 0.05) is 18.0 Å². The molecule has 0 aliphatic carbocycles. The second-order valence-corrected chi connectivity index (χ2v) is 11.3. The van der Waals surface area contributed by atoms with Crippen molar-refractivity contribution in [2.24, 2.45) is 5.16 Å². The summed E-state index contributed by atoms with van der Waals surface area (Å²) in [5, 5.41) is 39.4. The molecular formula is C20H25N9O12S2. The predicted molar refractivity (Wildman–Crippen MR) is 142 cm³/mol. The summed E-state index contributed by atoms with van der Waals surface area (Å²) in [5.74, 6) is -4.24. The lowest BCUT2D eigenvalue weighted by molar-refractivity contribution is -0.151. The van der Waals surface area contributed by atoms with Gasteiger partial charge in [-0.3, -0.25) is 28.9 Å². The number of oxime groups is 1. The molecule has 1 aliphatic heterocycles. The maximum absolute atomic E-state index is 13.1. The summed E-state index contributed by atoms with van der Waals surface area (Å²) < 4.78 is 33.5. The Morgan fingerprint density at radius 1 is 1.26 bits per heavy atom. The van der Waals surface area contributed by atoms with Crippen LogP contribution in [0.1, 0.15) is 25.2 Å². The van der Waals surface area contributed by atoms with Crippen LogP contribution in [-0.2, 0) is 36.1 Å². The van der Waals surface area contributed by atoms with Crippen molar-refractivity contribution < 1.29 is 52.5 Å². The summed E-state index contributed by atoms with van der Waals surface area (Å²) in [6.07, 6.45) is 0.694. The molecule has 1 fully saturated rings. The number of aromatic hydroxyl groups is 1. The highest BCUT2D eigenvalue weighted by Crippen LogP contribution is 2.24. The van der Waals surface area contributed by atoms with Gasteiger partial charge in [-0.2, -0.15) is 13.1 Å². The first kappa shape index (κ1) is 32.5. The molecule has 1 aliphatic rings. The monoisotopic (exact) mass is 647 g/mol. The van der Waals surface area contributed by atoms with Gasteiger partial charge in [0.1, 0.15) is 11.7 Å². The molecule has 0 bridgehead atoms. The minimum Gasteiger partial charge on any atom is -0.503 e. The van der Waals surface area contributed by atoms with Crippen LogP contribution in [-0.4, -0.2) is 96.2 Å². The third-order valence-corrected chi connectivity index (χ3v) is 7.31. The van der Waals surface area contributed by atoms with Crippen LogP contribution in [0.2, 0.25) is 0 Å². The van der Waals surface area contributed by atoms with Crippen LogP contribution in [0.4, 0.5) is 9.93 Å². The number of pyridine rings is 1. The van der Waals surface area contributed by atoms with Crippen LogP contribution >= 0.6 is 11.3 Å². The van der Waals surface area contributed by atoms with E-state index in [0.29, 0.717) is 10.9 Å². The maximum atomic E-state index is 13.1. The molecular weight excluding hydrogens is 622 g/mol. The molecule has 0 radical (unpaired) electrons. The maximum Gasteiger partial charge on any atom is 0.362 e. The molecule has 0 saturated carbocycles. The predicted octanol–water partition coefficient (Wildman–Crippen LogP) is -3.17. The first-order valence-electron chi connectivity index (χ1n) is 11.7. The number of hydroxylamine groups is 1. The molecule has 3 heterocycles. The largest absolute Gasteiger partial charge is 0.503 e. The third-order valence-electron chi connectivity index (χ3n) is 5.69. The van der Waals surface area contributed by atoms with Gasteiger partial charge in [0.15, 0.2) is 16.6 Å². The van der Waals surface area contributed by atoms with E-state index in [4.69, 9.17) is 15.8 Å². The van der Waals surface area contributed by atoms with Gasteiger partial charge in [-0.05, 0) is 13.8 Å². The Hall–Kier alpha value is -5.00. The van der Waals surface area contributed by atoms with E-state index in [0.717, 1.165) is 17.4 Å². The third kappa shape index (κ3) is 7.45. The average Bonchev–Trinajstić information content (AvgIpc) is 3.34. The van der Waals surface area contributed by atoms with Gasteiger partial charge in [-0.1, -0.05) is 5.16 Å². The second kappa shape index (κ2) is 12.5. The Labute approximate surface area is 244 Å². The van der Waals surface area contributed by atoms with Crippen LogP contribution in [0.3, 0.4) is 0 Å². The fourth-order valence-corrected chi connectivity index (χ4v) is 4.85. The molecule has 43 heavy (non-hydrogen) atoms. The number of amides is 5. The Kier molecular flexibility index (Phi) is 9.43. The van der Waals surface area contributed by atoms with E-state index in [9.17, 15) is 47.3 Å². The number of hydrogen-bond acceptors (Lipinski definition) is 15. The number of rotatable bonds is 11. The molecule has 0 unspecified atom stereocenters. The zero-order chi connectivity index (χ0) is 32.3. The molecule has 2 aromatic heterocycles. The summed E-state index contributed by atoms with van der Waals surface area (Å²) in [6.45, 7) is 1.30. The van der Waals surface area contributed by atoms with Crippen molar-refractivity contribution in [1.29, 1.82) is 0 Å². The Morgan fingerprint density at radius 3 is 2.51 bits per heavy atom. The molecule has 1 saturated heterocycles. The van der Waals surface area contributed by atoms with E-state index in [1.54, 1.807) is 0 Å². The number of nitrogens with two attached hydrogens (primary N) is 1. The van der Waals surface area contributed by atoms with E-state index >= 15 is 0 Å². The summed E-state index contributed by atoms with van der Waals surface area (Å²) >= 11 is 0.897. The number of thiazole rings is 1. The second-order valence-electron chi connectivity index (χ2n) is 9.11. The highest BCUT2D eigenvalue weighted by atomic mass is 32.2. The fourth-order valence-electron chi connectivity index (χ4n) is 3.42. The minimum atomic E-state index is -5.15. The molecule has 0 aromatic carbocycles. The van der Waals surface area contributed by atoms with Crippen molar-refractivity contribution in [3.8, 4) is 5.75 Å². The number of hydrogen-bond donors (Lipinski definition) is 9. The van der Waals surface area contributed by atoms with Gasteiger partial charge in [0.2, 0.25) is 11.0 Å². The molecule has 10 N–H and O–H groups in total. The van der Waals surface area contributed by atoms with E-state index in [1.807, 2.05) is 0 Å². The van der Waals surface area contributed by atoms with Gasteiger partial charge < -0.3 is 36.8 Å². The van der Waals surface area contributed by atoms with Crippen LogP contribution in [0.15, 0.2) is 27.6 Å². The average molecular weight is 648 g/mol. The lowest BCUT2D eigenvalue weighted by Crippen LogP contribution is -2.74. The Morgan fingerprint density at radius 2 is 1.93 bits per heavy atom. The molecule has 0 spiro atoms. The first-order chi connectivity index (χ1) is 20.0. The van der Waals surface area contributed by atoms with Gasteiger partial charge in [0.05, 0.1) is 24.5 Å². The quantitative estimate of drug-likeness (QED) is 0.0290. The van der Waals surface area contributed by atoms with Crippen molar-refractivity contribution in [1.82, 2.24) is 35.5 Å². The number of carbonyl (C=O) groups is 4. The number of nitrogen functional groups attached to an aromatic ring is 1. The molecule has 23 heteroatoms. The van der Waals surface area contributed by atoms with E-state index in [1.165, 1.54) is 24.7 Å². The summed E-state index contributed by atoms with van der Waals surface area (Å²) in [4.78, 5) is 70.4. The normalized spacial score (nSPS) is 17.1. The van der Waals surface area contributed by atoms with Crippen molar-refractivity contribution >= 4 is 56.2 Å². The first-order valence-corrected chi connectivity index (χ1v) is 13.9. The number of urea groups is 1. The number of carbonyl (C=O) groups excluding carboxylic acids is 4. The standard InChI is InChI=1S/C20H25N9O12S2/c1-20(2,17(34)26-36)41-27-13(9-7-42-18(21)24-9)15(32)25-14-10(29(16(14)33)43(38,39)40)5-23-19(35)22-4-8-3-11(30)12(31)6-28(8)37/h3,6-7,10,14,31,36-37H,4-5H2,1-2H3,(H2,21,24)(H,25,32)(H,26,34)(H2,22,23,35)(H,38,39,40)/b27-13-/t10-,14+/m1/s1. The van der Waals surface area contributed by atoms with Gasteiger partial charge >= 0.3 is 16.3 Å². The lowest BCUT2D eigenvalue weighted by atomic mass is 9.98. The van der Waals surface area contributed by atoms with Crippen molar-refractivity contribution in [2.75, 3.05) is 12.3 Å². The Bertz CT molecular complexity index is 1640. The summed E-state index contributed by atoms with van der Waals surface area (Å²) in [5.41, 5.74) is 3.40. The zero-order valence-corrected chi connectivity index (χ0v) is 23.7. The molecule has 5 amide bonds. The number of nitrogens with one attached hydrogen (secondary N) is 4. The molecule has 2 atom stereocenters. The minimum absolute atomic E-state index is 0.00119. The molecule has 234 valence electrons. The van der Waals surface area contributed by atoms with Crippen molar-refractivity contribution in [3.63, 3.8) is 0 Å². The number of β-lactam (4-membered cyclic amide) rings is 1. The van der Waals surface area contributed by atoms with Crippen LogP contribution in [0, 0.1) is 0 Å². The van der Waals surface area contributed by atoms with E-state index < -0.39 is 81.7 Å². The number of aromatic nitrogens is 2. The topological polar surface area (TPSA) is 317 Å². The molecule has 3 rings (SSSR count). The number of nitrogens with zero attached hydrogens (tertiary/aromatic N) is 4. The highest BCUT2D eigenvalue weighted by Gasteiger charge is 2.54. The fraction of sp³-hybridized carbons (Fsp3) is 0.350. The smallest absolute Gasteiger partial charge is 0.362 e. The lowest BCUT2D eigenvalue weighted by Gasteiger charge is -2.44.